The summed E-state index contributed by atoms with van der Waals surface area (Å²) >= 11 is 5.10. The van der Waals surface area contributed by atoms with Crippen molar-refractivity contribution in [3.63, 3.8) is 0 Å². The van der Waals surface area contributed by atoms with Crippen LogP contribution in [0.3, 0.4) is 0 Å². The van der Waals surface area contributed by atoms with Crippen molar-refractivity contribution in [2.75, 3.05) is 0 Å². The molecule has 2 rings (SSSR count). The molecule has 2 nitrogen and oxygen atoms in total. The van der Waals surface area contributed by atoms with Gasteiger partial charge in [0.25, 0.3) is 0 Å². The van der Waals surface area contributed by atoms with Crippen LogP contribution in [0.1, 0.15) is 18.6 Å². The number of rotatable bonds is 3. The molecular formula is C13H12BrNOS. The van der Waals surface area contributed by atoms with Gasteiger partial charge >= 0.3 is 0 Å². The monoisotopic (exact) mass is 309 g/mol. The van der Waals surface area contributed by atoms with Gasteiger partial charge in [0.1, 0.15) is 5.03 Å². The lowest BCUT2D eigenvalue weighted by Gasteiger charge is -2.06. The van der Waals surface area contributed by atoms with Gasteiger partial charge in [-0.25, -0.2) is 4.98 Å². The molecule has 0 aliphatic carbocycles. The molecule has 0 saturated heterocycles. The van der Waals surface area contributed by atoms with Gasteiger partial charge < -0.3 is 5.11 Å². The molecule has 17 heavy (non-hydrogen) atoms. The van der Waals surface area contributed by atoms with E-state index in [4.69, 9.17) is 0 Å². The zero-order valence-corrected chi connectivity index (χ0v) is 11.7. The highest BCUT2D eigenvalue weighted by Gasteiger charge is 2.04. The first-order valence-electron chi connectivity index (χ1n) is 5.23. The van der Waals surface area contributed by atoms with Crippen LogP contribution in [-0.2, 0) is 0 Å². The number of benzene rings is 1. The predicted octanol–water partition coefficient (Wildman–Crippen LogP) is 4.05. The van der Waals surface area contributed by atoms with Gasteiger partial charge in [0.05, 0.1) is 6.10 Å². The quantitative estimate of drug-likeness (QED) is 0.928. The van der Waals surface area contributed by atoms with E-state index in [-0.39, 0.29) is 0 Å². The summed E-state index contributed by atoms with van der Waals surface area (Å²) in [7, 11) is 0. The normalized spacial score (nSPS) is 12.4. The van der Waals surface area contributed by atoms with E-state index < -0.39 is 6.10 Å². The summed E-state index contributed by atoms with van der Waals surface area (Å²) in [6.45, 7) is 1.73. The fourth-order valence-corrected chi connectivity index (χ4v) is 2.65. The summed E-state index contributed by atoms with van der Waals surface area (Å²) in [6, 6.07) is 11.9. The minimum absolute atomic E-state index is 0.468. The molecule has 0 spiro atoms. The van der Waals surface area contributed by atoms with E-state index in [0.29, 0.717) is 0 Å². The van der Waals surface area contributed by atoms with Crippen LogP contribution in [0.25, 0.3) is 0 Å². The van der Waals surface area contributed by atoms with Crippen LogP contribution in [0.5, 0.6) is 0 Å². The Hall–Kier alpha value is -0.840. The molecule has 1 unspecified atom stereocenters. The van der Waals surface area contributed by atoms with Crippen LogP contribution in [0.4, 0.5) is 0 Å². The first-order chi connectivity index (χ1) is 8.16. The number of hydrogen-bond donors (Lipinski definition) is 1. The van der Waals surface area contributed by atoms with Gasteiger partial charge in [0, 0.05) is 15.6 Å². The molecule has 1 aromatic heterocycles. The minimum atomic E-state index is -0.468. The van der Waals surface area contributed by atoms with E-state index >= 15 is 0 Å². The third kappa shape index (κ3) is 3.31. The molecule has 0 bridgehead atoms. The molecule has 1 atom stereocenters. The summed E-state index contributed by atoms with van der Waals surface area (Å²) in [5.74, 6) is 0. The van der Waals surface area contributed by atoms with Gasteiger partial charge in [-0.2, -0.15) is 0 Å². The maximum absolute atomic E-state index is 9.39. The predicted molar refractivity (Wildman–Crippen MR) is 73.1 cm³/mol. The molecule has 0 radical (unpaired) electrons. The fraction of sp³-hybridized carbons (Fsp3) is 0.154. The molecule has 0 saturated carbocycles. The van der Waals surface area contributed by atoms with Crippen LogP contribution in [-0.4, -0.2) is 10.1 Å². The highest BCUT2D eigenvalue weighted by atomic mass is 79.9. The topological polar surface area (TPSA) is 33.1 Å². The average Bonchev–Trinajstić information content (AvgIpc) is 2.33. The summed E-state index contributed by atoms with van der Waals surface area (Å²) in [5, 5.41) is 10.3. The number of aliphatic hydroxyl groups excluding tert-OH is 1. The molecule has 0 amide bonds. The van der Waals surface area contributed by atoms with E-state index in [0.717, 1.165) is 20.0 Å². The fourth-order valence-electron chi connectivity index (χ4n) is 1.34. The maximum atomic E-state index is 9.39. The molecular weight excluding hydrogens is 298 g/mol. The molecule has 4 heteroatoms. The number of aliphatic hydroxyl groups is 1. The minimum Gasteiger partial charge on any atom is -0.389 e. The Labute approximate surface area is 113 Å². The summed E-state index contributed by atoms with van der Waals surface area (Å²) in [4.78, 5) is 5.45. The standard InChI is InChI=1S/C13H12BrNOS/c1-9(16)10-6-7-13(15-8-10)17-12-5-3-2-4-11(12)14/h2-9,16H,1H3. The van der Waals surface area contributed by atoms with Crippen molar-refractivity contribution in [2.45, 2.75) is 22.9 Å². The summed E-state index contributed by atoms with van der Waals surface area (Å²) in [6.07, 6.45) is 1.24. The molecule has 1 heterocycles. The third-order valence-corrected chi connectivity index (χ3v) is 4.27. The first-order valence-corrected chi connectivity index (χ1v) is 6.84. The maximum Gasteiger partial charge on any atom is 0.101 e. The smallest absolute Gasteiger partial charge is 0.101 e. The second-order valence-electron chi connectivity index (χ2n) is 3.64. The van der Waals surface area contributed by atoms with Crippen molar-refractivity contribution in [2.24, 2.45) is 0 Å². The lowest BCUT2D eigenvalue weighted by Crippen LogP contribution is -1.92. The van der Waals surface area contributed by atoms with E-state index in [1.54, 1.807) is 24.9 Å². The van der Waals surface area contributed by atoms with Gasteiger partial charge in [-0.05, 0) is 46.6 Å². The molecule has 2 aromatic rings. The molecule has 0 aliphatic rings. The van der Waals surface area contributed by atoms with Crippen molar-refractivity contribution in [3.05, 3.63) is 52.6 Å². The Morgan fingerprint density at radius 1 is 1.24 bits per heavy atom. The first kappa shape index (κ1) is 12.6. The van der Waals surface area contributed by atoms with Crippen LogP contribution in [0, 0.1) is 0 Å². The zero-order chi connectivity index (χ0) is 12.3. The van der Waals surface area contributed by atoms with E-state index in [9.17, 15) is 5.11 Å². The van der Waals surface area contributed by atoms with Crippen LogP contribution < -0.4 is 0 Å². The lowest BCUT2D eigenvalue weighted by atomic mass is 10.2. The van der Waals surface area contributed by atoms with Gasteiger partial charge in [-0.1, -0.05) is 30.0 Å². The second kappa shape index (κ2) is 5.67. The van der Waals surface area contributed by atoms with Gasteiger partial charge in [-0.3, -0.25) is 0 Å². The molecule has 88 valence electrons. The average molecular weight is 310 g/mol. The highest BCUT2D eigenvalue weighted by molar-refractivity contribution is 9.10. The van der Waals surface area contributed by atoms with Crippen molar-refractivity contribution >= 4 is 27.7 Å². The lowest BCUT2D eigenvalue weighted by molar-refractivity contribution is 0.198. The third-order valence-electron chi connectivity index (χ3n) is 2.29. The Morgan fingerprint density at radius 3 is 2.59 bits per heavy atom. The molecule has 0 fully saturated rings. The van der Waals surface area contributed by atoms with Crippen molar-refractivity contribution < 1.29 is 5.11 Å². The number of aromatic nitrogens is 1. The molecule has 1 aromatic carbocycles. The van der Waals surface area contributed by atoms with Crippen LogP contribution in [0.2, 0.25) is 0 Å². The van der Waals surface area contributed by atoms with Crippen LogP contribution >= 0.6 is 27.7 Å². The Bertz CT molecular complexity index is 499. The van der Waals surface area contributed by atoms with Crippen molar-refractivity contribution in [1.29, 1.82) is 0 Å². The number of hydrogen-bond acceptors (Lipinski definition) is 3. The SMILES string of the molecule is CC(O)c1ccc(Sc2ccccc2Br)nc1. The van der Waals surface area contributed by atoms with Gasteiger partial charge in [0.2, 0.25) is 0 Å². The largest absolute Gasteiger partial charge is 0.389 e. The second-order valence-corrected chi connectivity index (χ2v) is 5.55. The molecule has 0 aliphatic heterocycles. The number of halogens is 1. The van der Waals surface area contributed by atoms with E-state index in [1.165, 1.54) is 0 Å². The number of pyridine rings is 1. The summed E-state index contributed by atoms with van der Waals surface area (Å²) < 4.78 is 1.06. The van der Waals surface area contributed by atoms with Crippen molar-refractivity contribution in [3.8, 4) is 0 Å². The highest BCUT2D eigenvalue weighted by Crippen LogP contribution is 2.32. The Kier molecular flexibility index (Phi) is 4.20. The zero-order valence-electron chi connectivity index (χ0n) is 9.30. The Morgan fingerprint density at radius 2 is 2.00 bits per heavy atom. The number of nitrogens with zero attached hydrogens (tertiary/aromatic N) is 1. The summed E-state index contributed by atoms with van der Waals surface area (Å²) in [5.41, 5.74) is 0.835. The van der Waals surface area contributed by atoms with Crippen LogP contribution in [0.15, 0.2) is 57.0 Å². The van der Waals surface area contributed by atoms with Crippen molar-refractivity contribution in [1.82, 2.24) is 4.98 Å². The van der Waals surface area contributed by atoms with E-state index in [1.807, 2.05) is 36.4 Å². The van der Waals surface area contributed by atoms with Gasteiger partial charge in [0.15, 0.2) is 0 Å². The van der Waals surface area contributed by atoms with E-state index in [2.05, 4.69) is 20.9 Å². The Balaban J connectivity index is 2.17. The molecule has 1 N–H and O–H groups in total. The van der Waals surface area contributed by atoms with Gasteiger partial charge in [-0.15, -0.1) is 0 Å².